The molecule has 1 aliphatic heterocycles. The van der Waals surface area contributed by atoms with Crippen LogP contribution >= 0.6 is 23.4 Å². The first-order valence-corrected chi connectivity index (χ1v) is 6.70. The third-order valence-electron chi connectivity index (χ3n) is 2.71. The number of aliphatic carboxylic acids is 1. The Labute approximate surface area is 113 Å². The Morgan fingerprint density at radius 1 is 1.56 bits per heavy atom. The number of rotatable bonds is 2. The van der Waals surface area contributed by atoms with Gasteiger partial charge in [0.25, 0.3) is 0 Å². The van der Waals surface area contributed by atoms with Gasteiger partial charge in [-0.3, -0.25) is 9.48 Å². The van der Waals surface area contributed by atoms with Gasteiger partial charge in [-0.15, -0.1) is 11.8 Å². The van der Waals surface area contributed by atoms with Crippen LogP contribution in [0, 0.1) is 0 Å². The molecular formula is C12H9ClN2O2S. The summed E-state index contributed by atoms with van der Waals surface area (Å²) >= 11 is 7.71. The van der Waals surface area contributed by atoms with Gasteiger partial charge in [-0.25, -0.2) is 0 Å². The molecule has 0 bridgehead atoms. The molecule has 3 rings (SSSR count). The summed E-state index contributed by atoms with van der Waals surface area (Å²) in [4.78, 5) is 11.8. The molecule has 0 amide bonds. The second kappa shape index (κ2) is 4.33. The Morgan fingerprint density at radius 3 is 3.17 bits per heavy atom. The van der Waals surface area contributed by atoms with E-state index in [9.17, 15) is 4.79 Å². The number of aromatic nitrogens is 2. The molecule has 0 spiro atoms. The Bertz CT molecular complexity index is 639. The number of hydrogen-bond acceptors (Lipinski definition) is 3. The van der Waals surface area contributed by atoms with Crippen molar-refractivity contribution in [3.05, 3.63) is 35.0 Å². The number of hydrogen-bond donors (Lipinski definition) is 1. The van der Waals surface area contributed by atoms with E-state index in [-0.39, 0.29) is 6.54 Å². The van der Waals surface area contributed by atoms with Crippen molar-refractivity contribution < 1.29 is 9.90 Å². The lowest BCUT2D eigenvalue weighted by Gasteiger charge is -2.14. The van der Waals surface area contributed by atoms with Crippen LogP contribution in [0.4, 0.5) is 0 Å². The molecule has 0 radical (unpaired) electrons. The predicted molar refractivity (Wildman–Crippen MR) is 69.9 cm³/mol. The molecule has 1 aromatic heterocycles. The Kier molecular flexibility index (Phi) is 2.80. The summed E-state index contributed by atoms with van der Waals surface area (Å²) < 4.78 is 1.46. The van der Waals surface area contributed by atoms with Crippen LogP contribution in [0.25, 0.3) is 11.3 Å². The quantitative estimate of drug-likeness (QED) is 0.919. The summed E-state index contributed by atoms with van der Waals surface area (Å²) in [6, 6.07) is 5.70. The molecule has 1 aliphatic rings. The van der Waals surface area contributed by atoms with Crippen LogP contribution in [0.1, 0.15) is 5.56 Å². The highest BCUT2D eigenvalue weighted by molar-refractivity contribution is 7.98. The standard InChI is InChI=1S/C12H9ClN2O2S/c13-8-1-2-10-9(3-8)12-7(6-18-10)4-15(14-12)5-11(16)17/h1-4H,5-6H2,(H,16,17). The van der Waals surface area contributed by atoms with Crippen LogP contribution < -0.4 is 0 Å². The smallest absolute Gasteiger partial charge is 0.325 e. The Morgan fingerprint density at radius 2 is 2.39 bits per heavy atom. The number of nitrogens with zero attached hydrogens (tertiary/aromatic N) is 2. The average Bonchev–Trinajstić information content (AvgIpc) is 2.70. The fourth-order valence-electron chi connectivity index (χ4n) is 1.98. The van der Waals surface area contributed by atoms with E-state index in [4.69, 9.17) is 16.7 Å². The number of halogens is 1. The van der Waals surface area contributed by atoms with Gasteiger partial charge in [0.05, 0.1) is 5.69 Å². The maximum atomic E-state index is 10.7. The molecule has 18 heavy (non-hydrogen) atoms. The summed E-state index contributed by atoms with van der Waals surface area (Å²) in [7, 11) is 0. The normalized spacial score (nSPS) is 12.9. The number of carboxylic acids is 1. The van der Waals surface area contributed by atoms with E-state index in [2.05, 4.69) is 5.10 Å². The molecule has 0 aliphatic carbocycles. The minimum absolute atomic E-state index is 0.117. The molecule has 0 atom stereocenters. The molecule has 2 heterocycles. The van der Waals surface area contributed by atoms with Gasteiger partial charge in [0.1, 0.15) is 6.54 Å². The highest BCUT2D eigenvalue weighted by atomic mass is 35.5. The number of benzene rings is 1. The fraction of sp³-hybridized carbons (Fsp3) is 0.167. The average molecular weight is 281 g/mol. The van der Waals surface area contributed by atoms with Crippen molar-refractivity contribution in [2.75, 3.05) is 0 Å². The zero-order chi connectivity index (χ0) is 12.7. The first kappa shape index (κ1) is 11.6. The number of carbonyl (C=O) groups is 1. The summed E-state index contributed by atoms with van der Waals surface area (Å²) in [5.74, 6) is -0.0855. The van der Waals surface area contributed by atoms with Crippen molar-refractivity contribution in [3.8, 4) is 11.3 Å². The molecular weight excluding hydrogens is 272 g/mol. The van der Waals surface area contributed by atoms with Crippen molar-refractivity contribution in [3.63, 3.8) is 0 Å². The number of fused-ring (bicyclic) bond motifs is 3. The van der Waals surface area contributed by atoms with Crippen LogP contribution in [0.2, 0.25) is 5.02 Å². The predicted octanol–water partition coefficient (Wildman–Crippen LogP) is 2.89. The minimum atomic E-state index is -0.895. The lowest BCUT2D eigenvalue weighted by atomic mass is 10.1. The summed E-state index contributed by atoms with van der Waals surface area (Å²) in [5.41, 5.74) is 2.88. The molecule has 6 heteroatoms. The molecule has 0 saturated carbocycles. The molecule has 92 valence electrons. The van der Waals surface area contributed by atoms with Crippen LogP contribution in [0.15, 0.2) is 29.3 Å². The Balaban J connectivity index is 2.08. The van der Waals surface area contributed by atoms with Gasteiger partial charge in [0.15, 0.2) is 0 Å². The molecule has 4 nitrogen and oxygen atoms in total. The third-order valence-corrected chi connectivity index (χ3v) is 4.07. The van der Waals surface area contributed by atoms with E-state index in [1.165, 1.54) is 4.68 Å². The van der Waals surface area contributed by atoms with Gasteiger partial charge in [0.2, 0.25) is 0 Å². The first-order valence-electron chi connectivity index (χ1n) is 5.34. The lowest BCUT2D eigenvalue weighted by Crippen LogP contribution is -2.08. The van der Waals surface area contributed by atoms with Crippen molar-refractivity contribution in [2.24, 2.45) is 0 Å². The highest BCUT2D eigenvalue weighted by Crippen LogP contribution is 2.41. The monoisotopic (exact) mass is 280 g/mol. The second-order valence-electron chi connectivity index (χ2n) is 4.02. The van der Waals surface area contributed by atoms with E-state index in [1.54, 1.807) is 18.0 Å². The Hall–Kier alpha value is -1.46. The van der Waals surface area contributed by atoms with Gasteiger partial charge >= 0.3 is 5.97 Å². The zero-order valence-electron chi connectivity index (χ0n) is 9.26. The molecule has 1 N–H and O–H groups in total. The first-order chi connectivity index (χ1) is 8.63. The van der Waals surface area contributed by atoms with Crippen molar-refractivity contribution >= 4 is 29.3 Å². The summed E-state index contributed by atoms with van der Waals surface area (Å²) in [6.45, 7) is -0.117. The molecule has 1 aromatic carbocycles. The number of thioether (sulfide) groups is 1. The van der Waals surface area contributed by atoms with Crippen LogP contribution in [0.5, 0.6) is 0 Å². The topological polar surface area (TPSA) is 55.1 Å². The van der Waals surface area contributed by atoms with Gasteiger partial charge in [-0.1, -0.05) is 11.6 Å². The minimum Gasteiger partial charge on any atom is -0.480 e. The van der Waals surface area contributed by atoms with E-state index in [0.717, 1.165) is 27.5 Å². The zero-order valence-corrected chi connectivity index (χ0v) is 10.8. The van der Waals surface area contributed by atoms with Crippen LogP contribution in [-0.2, 0) is 17.1 Å². The van der Waals surface area contributed by atoms with E-state index in [0.29, 0.717) is 5.02 Å². The molecule has 0 fully saturated rings. The van der Waals surface area contributed by atoms with Crippen LogP contribution in [-0.4, -0.2) is 20.9 Å². The van der Waals surface area contributed by atoms with Gasteiger partial charge in [-0.2, -0.15) is 5.10 Å². The van der Waals surface area contributed by atoms with E-state index in [1.807, 2.05) is 18.2 Å². The van der Waals surface area contributed by atoms with Gasteiger partial charge in [0, 0.05) is 33.0 Å². The molecule has 2 aromatic rings. The van der Waals surface area contributed by atoms with Crippen LogP contribution in [0.3, 0.4) is 0 Å². The van der Waals surface area contributed by atoms with E-state index >= 15 is 0 Å². The van der Waals surface area contributed by atoms with E-state index < -0.39 is 5.97 Å². The van der Waals surface area contributed by atoms with Crippen molar-refractivity contribution in [1.29, 1.82) is 0 Å². The maximum Gasteiger partial charge on any atom is 0.325 e. The molecule has 0 saturated heterocycles. The summed E-state index contributed by atoms with van der Waals surface area (Å²) in [5, 5.41) is 13.8. The van der Waals surface area contributed by atoms with Gasteiger partial charge in [-0.05, 0) is 18.2 Å². The highest BCUT2D eigenvalue weighted by Gasteiger charge is 2.21. The SMILES string of the molecule is O=C(O)Cn1cc2c(n1)-c1cc(Cl)ccc1SC2. The van der Waals surface area contributed by atoms with Crippen molar-refractivity contribution in [2.45, 2.75) is 17.2 Å². The second-order valence-corrected chi connectivity index (χ2v) is 5.48. The molecule has 0 unspecified atom stereocenters. The van der Waals surface area contributed by atoms with Gasteiger partial charge < -0.3 is 5.11 Å². The fourth-order valence-corrected chi connectivity index (χ4v) is 3.15. The maximum absolute atomic E-state index is 10.7. The largest absolute Gasteiger partial charge is 0.480 e. The lowest BCUT2D eigenvalue weighted by molar-refractivity contribution is -0.137. The number of carboxylic acid groups (broad SMARTS) is 1. The summed E-state index contributed by atoms with van der Waals surface area (Å²) in [6.07, 6.45) is 1.79. The third kappa shape index (κ3) is 2.00. The van der Waals surface area contributed by atoms with Crippen molar-refractivity contribution in [1.82, 2.24) is 9.78 Å².